The lowest BCUT2D eigenvalue weighted by atomic mass is 10.0. The molecule has 0 amide bonds. The van der Waals surface area contributed by atoms with Gasteiger partial charge in [-0.2, -0.15) is 0 Å². The number of likely N-dealkylation sites (tertiary alicyclic amines) is 1. The van der Waals surface area contributed by atoms with E-state index in [-0.39, 0.29) is 11.8 Å². The first-order valence-electron chi connectivity index (χ1n) is 9.85. The van der Waals surface area contributed by atoms with Crippen LogP contribution in [0.5, 0.6) is 11.5 Å². The first kappa shape index (κ1) is 18.5. The molecule has 1 fully saturated rings. The van der Waals surface area contributed by atoms with Gasteiger partial charge in [0.2, 0.25) is 0 Å². The minimum atomic E-state index is 0.238. The monoisotopic (exact) mass is 374 g/mol. The average Bonchev–Trinajstić information content (AvgIpc) is 3.27. The first-order valence-corrected chi connectivity index (χ1v) is 9.85. The van der Waals surface area contributed by atoms with E-state index in [1.165, 1.54) is 18.4 Å². The number of phenols is 1. The van der Waals surface area contributed by atoms with E-state index in [1.54, 1.807) is 13.2 Å². The Kier molecular flexibility index (Phi) is 5.58. The number of ether oxygens (including phenoxy) is 1. The lowest BCUT2D eigenvalue weighted by Crippen LogP contribution is -2.27. The van der Waals surface area contributed by atoms with Crippen LogP contribution in [0.25, 0.3) is 10.8 Å². The summed E-state index contributed by atoms with van der Waals surface area (Å²) in [5.74, 6) is 1.14. The molecule has 1 heterocycles. The van der Waals surface area contributed by atoms with Gasteiger partial charge in [-0.3, -0.25) is 9.89 Å². The zero-order valence-corrected chi connectivity index (χ0v) is 16.2. The van der Waals surface area contributed by atoms with Gasteiger partial charge in [-0.05, 0) is 60.5 Å². The number of fused-ring (bicyclic) bond motifs is 1. The summed E-state index contributed by atoms with van der Waals surface area (Å²) >= 11 is 0. The Balaban J connectivity index is 1.60. The molecule has 0 saturated carbocycles. The minimum absolute atomic E-state index is 0.238. The van der Waals surface area contributed by atoms with Crippen molar-refractivity contribution < 1.29 is 9.84 Å². The maximum atomic E-state index is 10.3. The van der Waals surface area contributed by atoms with Crippen LogP contribution < -0.4 is 4.74 Å². The molecule has 4 heteroatoms. The predicted octanol–water partition coefficient (Wildman–Crippen LogP) is 4.81. The van der Waals surface area contributed by atoms with Crippen LogP contribution >= 0.6 is 0 Å². The third-order valence-electron chi connectivity index (χ3n) is 5.53. The van der Waals surface area contributed by atoms with Gasteiger partial charge in [0.05, 0.1) is 19.7 Å². The van der Waals surface area contributed by atoms with E-state index in [1.807, 2.05) is 42.6 Å². The molecule has 0 aliphatic carbocycles. The zero-order chi connectivity index (χ0) is 19.3. The quantitative estimate of drug-likeness (QED) is 0.630. The highest BCUT2D eigenvalue weighted by molar-refractivity contribution is 6.02. The van der Waals surface area contributed by atoms with Crippen LogP contribution in [0.15, 0.2) is 65.7 Å². The van der Waals surface area contributed by atoms with E-state index in [4.69, 9.17) is 9.73 Å². The summed E-state index contributed by atoms with van der Waals surface area (Å²) in [6, 6.07) is 20.3. The SMILES string of the molecule is COc1ccc([C@@H](CN=Cc2c(O)ccc3ccccc23)N2CCCC2)cc1. The second kappa shape index (κ2) is 8.44. The van der Waals surface area contributed by atoms with Crippen molar-refractivity contribution in [2.45, 2.75) is 18.9 Å². The average molecular weight is 374 g/mol. The maximum absolute atomic E-state index is 10.3. The molecule has 4 rings (SSSR count). The zero-order valence-electron chi connectivity index (χ0n) is 16.2. The third kappa shape index (κ3) is 3.87. The molecule has 1 N–H and O–H groups in total. The van der Waals surface area contributed by atoms with Crippen molar-refractivity contribution in [2.24, 2.45) is 4.99 Å². The number of aromatic hydroxyl groups is 1. The molecule has 4 nitrogen and oxygen atoms in total. The molecule has 1 aliphatic heterocycles. The fourth-order valence-corrected chi connectivity index (χ4v) is 3.97. The fraction of sp³-hybridized carbons (Fsp3) is 0.292. The van der Waals surface area contributed by atoms with Crippen LogP contribution in [0.2, 0.25) is 0 Å². The molecule has 0 aromatic heterocycles. The van der Waals surface area contributed by atoms with Crippen molar-refractivity contribution >= 4 is 17.0 Å². The Morgan fingerprint density at radius 2 is 1.79 bits per heavy atom. The number of hydrogen-bond donors (Lipinski definition) is 1. The van der Waals surface area contributed by atoms with Gasteiger partial charge in [0.25, 0.3) is 0 Å². The Bertz CT molecular complexity index is 960. The van der Waals surface area contributed by atoms with Gasteiger partial charge in [0.15, 0.2) is 0 Å². The molecule has 0 unspecified atom stereocenters. The molecule has 1 atom stereocenters. The Labute approximate surface area is 166 Å². The maximum Gasteiger partial charge on any atom is 0.124 e. The van der Waals surface area contributed by atoms with E-state index >= 15 is 0 Å². The van der Waals surface area contributed by atoms with Gasteiger partial charge in [-0.15, -0.1) is 0 Å². The highest BCUT2D eigenvalue weighted by Crippen LogP contribution is 2.28. The largest absolute Gasteiger partial charge is 0.507 e. The number of phenolic OH excluding ortho intramolecular Hbond substituents is 1. The summed E-state index contributed by atoms with van der Waals surface area (Å²) in [5.41, 5.74) is 2.04. The highest BCUT2D eigenvalue weighted by Gasteiger charge is 2.23. The first-order chi connectivity index (χ1) is 13.8. The normalized spacial score (nSPS) is 16.0. The Morgan fingerprint density at radius 1 is 1.04 bits per heavy atom. The molecule has 1 aliphatic rings. The van der Waals surface area contributed by atoms with E-state index in [9.17, 15) is 5.11 Å². The predicted molar refractivity (Wildman–Crippen MR) is 115 cm³/mol. The molecular weight excluding hydrogens is 348 g/mol. The van der Waals surface area contributed by atoms with Crippen molar-refractivity contribution in [1.29, 1.82) is 0 Å². The van der Waals surface area contributed by atoms with Gasteiger partial charge in [0, 0.05) is 11.8 Å². The van der Waals surface area contributed by atoms with Crippen LogP contribution in [-0.2, 0) is 0 Å². The van der Waals surface area contributed by atoms with Crippen LogP contribution in [0.3, 0.4) is 0 Å². The van der Waals surface area contributed by atoms with Crippen molar-refractivity contribution in [3.05, 3.63) is 71.8 Å². The van der Waals surface area contributed by atoms with Crippen LogP contribution in [-0.4, -0.2) is 43.0 Å². The molecule has 0 radical (unpaired) electrons. The van der Waals surface area contributed by atoms with E-state index in [0.717, 1.165) is 35.2 Å². The summed E-state index contributed by atoms with van der Waals surface area (Å²) in [4.78, 5) is 7.26. The summed E-state index contributed by atoms with van der Waals surface area (Å²) in [7, 11) is 1.69. The second-order valence-electron chi connectivity index (χ2n) is 7.25. The van der Waals surface area contributed by atoms with Crippen molar-refractivity contribution in [3.63, 3.8) is 0 Å². The summed E-state index contributed by atoms with van der Waals surface area (Å²) in [5, 5.41) is 12.5. The molecule has 0 spiro atoms. The number of methoxy groups -OCH3 is 1. The van der Waals surface area contributed by atoms with Gasteiger partial charge in [0.1, 0.15) is 11.5 Å². The third-order valence-corrected chi connectivity index (χ3v) is 5.53. The lowest BCUT2D eigenvalue weighted by Gasteiger charge is -2.26. The Morgan fingerprint density at radius 3 is 2.54 bits per heavy atom. The van der Waals surface area contributed by atoms with E-state index in [2.05, 4.69) is 23.1 Å². The van der Waals surface area contributed by atoms with Crippen molar-refractivity contribution in [1.82, 2.24) is 4.90 Å². The van der Waals surface area contributed by atoms with E-state index < -0.39 is 0 Å². The van der Waals surface area contributed by atoms with Gasteiger partial charge < -0.3 is 9.84 Å². The second-order valence-corrected chi connectivity index (χ2v) is 7.25. The van der Waals surface area contributed by atoms with Crippen molar-refractivity contribution in [3.8, 4) is 11.5 Å². The van der Waals surface area contributed by atoms with Crippen LogP contribution in [0.4, 0.5) is 0 Å². The smallest absolute Gasteiger partial charge is 0.124 e. The molecule has 3 aromatic carbocycles. The summed E-state index contributed by atoms with van der Waals surface area (Å²) in [6.45, 7) is 2.87. The molecule has 144 valence electrons. The lowest BCUT2D eigenvalue weighted by molar-refractivity contribution is 0.252. The van der Waals surface area contributed by atoms with Gasteiger partial charge >= 0.3 is 0 Å². The molecule has 0 bridgehead atoms. The molecule has 28 heavy (non-hydrogen) atoms. The fourth-order valence-electron chi connectivity index (χ4n) is 3.97. The highest BCUT2D eigenvalue weighted by atomic mass is 16.5. The van der Waals surface area contributed by atoms with Crippen LogP contribution in [0, 0.1) is 0 Å². The topological polar surface area (TPSA) is 45.1 Å². The summed E-state index contributed by atoms with van der Waals surface area (Å²) in [6.07, 6.45) is 4.30. The number of benzene rings is 3. The number of hydrogen-bond acceptors (Lipinski definition) is 4. The van der Waals surface area contributed by atoms with Crippen molar-refractivity contribution in [2.75, 3.05) is 26.7 Å². The van der Waals surface area contributed by atoms with Crippen LogP contribution in [0.1, 0.15) is 30.0 Å². The molecule has 1 saturated heterocycles. The molecule has 3 aromatic rings. The number of aliphatic imine (C=N–C) groups is 1. The standard InChI is InChI=1S/C24H26N2O2/c1-28-20-11-8-19(9-12-20)23(26-14-4-5-15-26)17-25-16-22-21-7-3-2-6-18(21)10-13-24(22)27/h2-3,6-13,16,23,27H,4-5,14-15,17H2,1H3/t23-/m1/s1. The number of nitrogens with zero attached hydrogens (tertiary/aromatic N) is 2. The number of rotatable bonds is 6. The van der Waals surface area contributed by atoms with Gasteiger partial charge in [-0.1, -0.05) is 42.5 Å². The van der Waals surface area contributed by atoms with E-state index in [0.29, 0.717) is 6.54 Å². The van der Waals surface area contributed by atoms with Gasteiger partial charge in [-0.25, -0.2) is 0 Å². The molecular formula is C24H26N2O2. The summed E-state index contributed by atoms with van der Waals surface area (Å²) < 4.78 is 5.30. The Hall–Kier alpha value is -2.85. The minimum Gasteiger partial charge on any atom is -0.507 e.